The Kier molecular flexibility index (Phi) is 5.51. The monoisotopic (exact) mass is 286 g/mol. The van der Waals surface area contributed by atoms with Crippen molar-refractivity contribution in [2.75, 3.05) is 6.54 Å². The summed E-state index contributed by atoms with van der Waals surface area (Å²) in [4.78, 5) is 11.9. The largest absolute Gasteiger partial charge is 0.352 e. The molecule has 0 aliphatic rings. The van der Waals surface area contributed by atoms with E-state index in [2.05, 4.69) is 17.3 Å². The van der Waals surface area contributed by atoms with Crippen molar-refractivity contribution in [1.82, 2.24) is 15.1 Å². The van der Waals surface area contributed by atoms with Crippen molar-refractivity contribution < 1.29 is 4.79 Å². The normalized spacial score (nSPS) is 12.1. The van der Waals surface area contributed by atoms with Crippen LogP contribution in [0.3, 0.4) is 0 Å². The van der Waals surface area contributed by atoms with Gasteiger partial charge in [-0.05, 0) is 36.6 Å². The van der Waals surface area contributed by atoms with Crippen molar-refractivity contribution in [3.63, 3.8) is 0 Å². The van der Waals surface area contributed by atoms with E-state index in [1.807, 2.05) is 36.5 Å². The maximum atomic E-state index is 11.9. The first-order chi connectivity index (χ1) is 10.2. The topological polar surface area (TPSA) is 72.9 Å². The minimum Gasteiger partial charge on any atom is -0.352 e. The van der Waals surface area contributed by atoms with Gasteiger partial charge in [0.15, 0.2) is 0 Å². The summed E-state index contributed by atoms with van der Waals surface area (Å²) in [6, 6.07) is 9.80. The Balaban J connectivity index is 1.93. The summed E-state index contributed by atoms with van der Waals surface area (Å²) in [5.74, 6) is 0.442. The molecular formula is C16H22N4O. The quantitative estimate of drug-likeness (QED) is 0.816. The van der Waals surface area contributed by atoms with Crippen molar-refractivity contribution in [2.24, 2.45) is 11.7 Å². The van der Waals surface area contributed by atoms with Crippen molar-refractivity contribution in [1.29, 1.82) is 0 Å². The molecule has 5 heteroatoms. The number of nitrogens with one attached hydrogen (secondary N) is 1. The zero-order valence-electron chi connectivity index (χ0n) is 12.3. The molecule has 0 saturated heterocycles. The lowest BCUT2D eigenvalue weighted by molar-refractivity contribution is -0.121. The third kappa shape index (κ3) is 4.43. The van der Waals surface area contributed by atoms with Crippen molar-refractivity contribution in [3.8, 4) is 5.69 Å². The van der Waals surface area contributed by atoms with Gasteiger partial charge in [0.2, 0.25) is 5.91 Å². The lowest BCUT2D eigenvalue weighted by Gasteiger charge is -2.11. The van der Waals surface area contributed by atoms with Crippen molar-refractivity contribution in [3.05, 3.63) is 48.3 Å². The van der Waals surface area contributed by atoms with Crippen LogP contribution in [0.2, 0.25) is 0 Å². The summed E-state index contributed by atoms with van der Waals surface area (Å²) < 4.78 is 1.80. The molecule has 0 saturated carbocycles. The SMILES string of the molecule is CC(CN)CCC(=O)NCc1ccccc1-n1cccn1. The smallest absolute Gasteiger partial charge is 0.220 e. The highest BCUT2D eigenvalue weighted by molar-refractivity contribution is 5.75. The van der Waals surface area contributed by atoms with Crippen LogP contribution in [0.4, 0.5) is 0 Å². The number of aromatic nitrogens is 2. The first-order valence-electron chi connectivity index (χ1n) is 7.25. The standard InChI is InChI=1S/C16H22N4O/c1-13(11-17)7-8-16(21)18-12-14-5-2-3-6-15(14)20-10-4-9-19-20/h2-6,9-10,13H,7-8,11-12,17H2,1H3,(H,18,21). The Morgan fingerprint density at radius 2 is 2.19 bits per heavy atom. The highest BCUT2D eigenvalue weighted by Crippen LogP contribution is 2.13. The summed E-state index contributed by atoms with van der Waals surface area (Å²) >= 11 is 0. The summed E-state index contributed by atoms with van der Waals surface area (Å²) in [6.45, 7) is 3.18. The molecule has 0 fully saturated rings. The number of carbonyl (C=O) groups is 1. The van der Waals surface area contributed by atoms with Gasteiger partial charge >= 0.3 is 0 Å². The van der Waals surface area contributed by atoms with E-state index in [0.717, 1.165) is 17.7 Å². The van der Waals surface area contributed by atoms with Gasteiger partial charge in [-0.25, -0.2) is 4.68 Å². The number of para-hydroxylation sites is 1. The number of hydrogen-bond donors (Lipinski definition) is 2. The van der Waals surface area contributed by atoms with Crippen molar-refractivity contribution >= 4 is 5.91 Å². The van der Waals surface area contributed by atoms with E-state index in [1.165, 1.54) is 0 Å². The first-order valence-corrected chi connectivity index (χ1v) is 7.25. The maximum absolute atomic E-state index is 11.9. The van der Waals surface area contributed by atoms with E-state index < -0.39 is 0 Å². The second kappa shape index (κ2) is 7.59. The molecule has 0 aliphatic carbocycles. The van der Waals surface area contributed by atoms with Gasteiger partial charge in [-0.3, -0.25) is 4.79 Å². The molecule has 112 valence electrons. The number of nitrogens with zero attached hydrogens (tertiary/aromatic N) is 2. The van der Waals surface area contributed by atoms with E-state index in [0.29, 0.717) is 25.4 Å². The van der Waals surface area contributed by atoms with Crippen molar-refractivity contribution in [2.45, 2.75) is 26.3 Å². The molecule has 5 nitrogen and oxygen atoms in total. The fourth-order valence-electron chi connectivity index (χ4n) is 2.07. The molecule has 2 aromatic rings. The Morgan fingerprint density at radius 3 is 2.90 bits per heavy atom. The van der Waals surface area contributed by atoms with E-state index in [4.69, 9.17) is 5.73 Å². The highest BCUT2D eigenvalue weighted by Gasteiger charge is 2.08. The lowest BCUT2D eigenvalue weighted by atomic mass is 10.1. The summed E-state index contributed by atoms with van der Waals surface area (Å²) in [6.07, 6.45) is 4.97. The summed E-state index contributed by atoms with van der Waals surface area (Å²) in [5.41, 5.74) is 7.58. The minimum absolute atomic E-state index is 0.0607. The number of rotatable bonds is 7. The molecular weight excluding hydrogens is 264 g/mol. The molecule has 0 radical (unpaired) electrons. The van der Waals surface area contributed by atoms with Crippen LogP contribution in [-0.4, -0.2) is 22.2 Å². The van der Waals surface area contributed by atoms with E-state index >= 15 is 0 Å². The van der Waals surface area contributed by atoms with Crippen LogP contribution in [-0.2, 0) is 11.3 Å². The average molecular weight is 286 g/mol. The fraction of sp³-hybridized carbons (Fsp3) is 0.375. The average Bonchev–Trinajstić information content (AvgIpc) is 3.05. The van der Waals surface area contributed by atoms with Crippen LogP contribution in [0, 0.1) is 5.92 Å². The van der Waals surface area contributed by atoms with E-state index in [-0.39, 0.29) is 5.91 Å². The summed E-state index contributed by atoms with van der Waals surface area (Å²) in [5, 5.41) is 7.19. The molecule has 1 heterocycles. The molecule has 1 amide bonds. The molecule has 1 unspecified atom stereocenters. The molecule has 0 aliphatic heterocycles. The number of carbonyl (C=O) groups excluding carboxylic acids is 1. The third-order valence-electron chi connectivity index (χ3n) is 3.49. The van der Waals surface area contributed by atoms with Crippen LogP contribution >= 0.6 is 0 Å². The fourth-order valence-corrected chi connectivity index (χ4v) is 2.07. The van der Waals surface area contributed by atoms with Gasteiger partial charge in [-0.15, -0.1) is 0 Å². The molecule has 21 heavy (non-hydrogen) atoms. The molecule has 3 N–H and O–H groups in total. The molecule has 1 aromatic carbocycles. The molecule has 1 aromatic heterocycles. The van der Waals surface area contributed by atoms with Crippen LogP contribution < -0.4 is 11.1 Å². The van der Waals surface area contributed by atoms with Gasteiger partial charge in [0.1, 0.15) is 0 Å². The Bertz CT molecular complexity index is 565. The minimum atomic E-state index is 0.0607. The number of amides is 1. The van der Waals surface area contributed by atoms with Gasteiger partial charge in [0, 0.05) is 25.4 Å². The Hall–Kier alpha value is -2.14. The zero-order valence-corrected chi connectivity index (χ0v) is 12.3. The lowest BCUT2D eigenvalue weighted by Crippen LogP contribution is -2.24. The van der Waals surface area contributed by atoms with Gasteiger partial charge in [0.25, 0.3) is 0 Å². The van der Waals surface area contributed by atoms with Crippen LogP contribution in [0.25, 0.3) is 5.69 Å². The second-order valence-electron chi connectivity index (χ2n) is 5.24. The van der Waals surface area contributed by atoms with Gasteiger partial charge in [-0.1, -0.05) is 25.1 Å². The van der Waals surface area contributed by atoms with Gasteiger partial charge < -0.3 is 11.1 Å². The Morgan fingerprint density at radius 1 is 1.38 bits per heavy atom. The van der Waals surface area contributed by atoms with Crippen LogP contribution in [0.15, 0.2) is 42.7 Å². The van der Waals surface area contributed by atoms with Crippen LogP contribution in [0.1, 0.15) is 25.3 Å². The van der Waals surface area contributed by atoms with Crippen LogP contribution in [0.5, 0.6) is 0 Å². The molecule has 1 atom stereocenters. The predicted octanol–water partition coefficient (Wildman–Crippen LogP) is 1.86. The molecule has 2 rings (SSSR count). The zero-order chi connectivity index (χ0) is 15.1. The Labute approximate surface area is 125 Å². The predicted molar refractivity (Wildman–Crippen MR) is 82.9 cm³/mol. The molecule has 0 bridgehead atoms. The number of benzene rings is 1. The number of nitrogens with two attached hydrogens (primary N) is 1. The van der Waals surface area contributed by atoms with E-state index in [1.54, 1.807) is 10.9 Å². The second-order valence-corrected chi connectivity index (χ2v) is 5.24. The molecule has 0 spiro atoms. The van der Waals surface area contributed by atoms with Gasteiger partial charge in [-0.2, -0.15) is 5.10 Å². The van der Waals surface area contributed by atoms with E-state index in [9.17, 15) is 4.79 Å². The number of hydrogen-bond acceptors (Lipinski definition) is 3. The maximum Gasteiger partial charge on any atom is 0.220 e. The third-order valence-corrected chi connectivity index (χ3v) is 3.49. The van der Waals surface area contributed by atoms with Gasteiger partial charge in [0.05, 0.1) is 5.69 Å². The summed E-state index contributed by atoms with van der Waals surface area (Å²) in [7, 11) is 0. The highest BCUT2D eigenvalue weighted by atomic mass is 16.1. The first kappa shape index (κ1) is 15.3.